The lowest BCUT2D eigenvalue weighted by Crippen LogP contribution is -2.41. The van der Waals surface area contributed by atoms with Crippen LogP contribution in [0.15, 0.2) is 36.7 Å². The van der Waals surface area contributed by atoms with Gasteiger partial charge in [0.05, 0.1) is 0 Å². The number of carbonyl (C=O) groups is 1. The molecule has 2 aliphatic rings. The molecule has 0 radical (unpaired) electrons. The number of aryl methyl sites for hydroxylation is 2. The van der Waals surface area contributed by atoms with E-state index in [1.807, 2.05) is 12.4 Å². The molecule has 4 nitrogen and oxygen atoms in total. The third kappa shape index (κ3) is 3.03. The van der Waals surface area contributed by atoms with Gasteiger partial charge in [0.25, 0.3) is 0 Å². The van der Waals surface area contributed by atoms with Crippen molar-refractivity contribution in [2.75, 3.05) is 0 Å². The fraction of sp³-hybridized carbons (Fsp3) is 0.474. The standard InChI is InChI=1S/C19H23N3O/c23-19(21-16-8-9-18-20-10-11-22(18)13-16)12-15-6-3-5-14-4-1-2-7-17(14)15/h1-2,4,7,10-11,15-16H,3,5-6,8-9,12-13H2,(H,21,23)/t15-,16+/m1/s1. The van der Waals surface area contributed by atoms with Gasteiger partial charge in [-0.1, -0.05) is 24.3 Å². The second-order valence-electron chi connectivity index (χ2n) is 6.79. The molecule has 0 saturated carbocycles. The van der Waals surface area contributed by atoms with Crippen LogP contribution in [-0.2, 0) is 24.2 Å². The molecule has 4 rings (SSSR count). The van der Waals surface area contributed by atoms with Crippen LogP contribution in [0.3, 0.4) is 0 Å². The number of aromatic nitrogens is 2. The quantitative estimate of drug-likeness (QED) is 0.947. The Labute approximate surface area is 136 Å². The molecule has 0 saturated heterocycles. The van der Waals surface area contributed by atoms with E-state index >= 15 is 0 Å². The van der Waals surface area contributed by atoms with Gasteiger partial charge in [-0.15, -0.1) is 0 Å². The average Bonchev–Trinajstić information content (AvgIpc) is 3.03. The minimum Gasteiger partial charge on any atom is -0.352 e. The SMILES string of the molecule is O=C(C[C@H]1CCCc2ccccc21)N[C@H]1CCc2nccn2C1. The number of hydrogen-bond acceptors (Lipinski definition) is 2. The number of nitrogens with one attached hydrogen (secondary N) is 1. The van der Waals surface area contributed by atoms with E-state index in [1.54, 1.807) is 0 Å². The molecule has 0 unspecified atom stereocenters. The number of fused-ring (bicyclic) bond motifs is 2. The van der Waals surface area contributed by atoms with Crippen LogP contribution in [0, 0.1) is 0 Å². The van der Waals surface area contributed by atoms with Crippen LogP contribution in [0.1, 0.15) is 48.6 Å². The van der Waals surface area contributed by atoms with Gasteiger partial charge in [-0.2, -0.15) is 0 Å². The zero-order chi connectivity index (χ0) is 15.6. The predicted molar refractivity (Wildman–Crippen MR) is 89.2 cm³/mol. The van der Waals surface area contributed by atoms with E-state index in [2.05, 4.69) is 39.1 Å². The van der Waals surface area contributed by atoms with Crippen molar-refractivity contribution in [2.24, 2.45) is 0 Å². The molecular weight excluding hydrogens is 286 g/mol. The summed E-state index contributed by atoms with van der Waals surface area (Å²) >= 11 is 0. The lowest BCUT2D eigenvalue weighted by molar-refractivity contribution is -0.122. The number of imidazole rings is 1. The van der Waals surface area contributed by atoms with Crippen molar-refractivity contribution in [1.29, 1.82) is 0 Å². The lowest BCUT2D eigenvalue weighted by atomic mass is 9.81. The molecule has 4 heteroatoms. The summed E-state index contributed by atoms with van der Waals surface area (Å²) in [5, 5.41) is 3.24. The summed E-state index contributed by atoms with van der Waals surface area (Å²) in [5.74, 6) is 1.71. The maximum atomic E-state index is 12.5. The Hall–Kier alpha value is -2.10. The molecule has 23 heavy (non-hydrogen) atoms. The fourth-order valence-electron chi connectivity index (χ4n) is 4.06. The van der Waals surface area contributed by atoms with Crippen molar-refractivity contribution in [2.45, 2.75) is 57.0 Å². The Kier molecular flexibility index (Phi) is 3.90. The van der Waals surface area contributed by atoms with Crippen molar-refractivity contribution in [3.63, 3.8) is 0 Å². The largest absolute Gasteiger partial charge is 0.352 e. The molecule has 0 bridgehead atoms. The van der Waals surface area contributed by atoms with Gasteiger partial charge in [-0.25, -0.2) is 4.98 Å². The van der Waals surface area contributed by atoms with Gasteiger partial charge >= 0.3 is 0 Å². The van der Waals surface area contributed by atoms with Crippen molar-refractivity contribution in [3.8, 4) is 0 Å². The van der Waals surface area contributed by atoms with Crippen LogP contribution in [0.25, 0.3) is 0 Å². The van der Waals surface area contributed by atoms with E-state index in [9.17, 15) is 4.79 Å². The maximum Gasteiger partial charge on any atom is 0.220 e. The minimum atomic E-state index is 0.195. The van der Waals surface area contributed by atoms with Crippen LogP contribution in [-0.4, -0.2) is 21.5 Å². The molecule has 1 N–H and O–H groups in total. The van der Waals surface area contributed by atoms with Crippen LogP contribution >= 0.6 is 0 Å². The zero-order valence-corrected chi connectivity index (χ0v) is 13.4. The fourth-order valence-corrected chi connectivity index (χ4v) is 4.06. The summed E-state index contributed by atoms with van der Waals surface area (Å²) in [6, 6.07) is 8.84. The Balaban J connectivity index is 1.38. The van der Waals surface area contributed by atoms with E-state index in [0.717, 1.165) is 38.1 Å². The Morgan fingerprint density at radius 3 is 3.13 bits per heavy atom. The van der Waals surface area contributed by atoms with E-state index in [1.165, 1.54) is 17.5 Å². The van der Waals surface area contributed by atoms with Crippen LogP contribution in [0.2, 0.25) is 0 Å². The summed E-state index contributed by atoms with van der Waals surface area (Å²) in [4.78, 5) is 16.8. The molecule has 2 atom stereocenters. The molecule has 2 heterocycles. The van der Waals surface area contributed by atoms with E-state index < -0.39 is 0 Å². The van der Waals surface area contributed by atoms with Crippen LogP contribution in [0.5, 0.6) is 0 Å². The van der Waals surface area contributed by atoms with Gasteiger partial charge in [-0.05, 0) is 42.7 Å². The van der Waals surface area contributed by atoms with Gasteiger partial charge in [0.1, 0.15) is 5.82 Å². The second-order valence-corrected chi connectivity index (χ2v) is 6.79. The topological polar surface area (TPSA) is 46.9 Å². The number of hydrogen-bond donors (Lipinski definition) is 1. The molecule has 0 fully saturated rings. The van der Waals surface area contributed by atoms with Crippen molar-refractivity contribution < 1.29 is 4.79 Å². The highest BCUT2D eigenvalue weighted by molar-refractivity contribution is 5.77. The second kappa shape index (κ2) is 6.19. The summed E-state index contributed by atoms with van der Waals surface area (Å²) in [5.41, 5.74) is 2.81. The third-order valence-corrected chi connectivity index (χ3v) is 5.23. The predicted octanol–water partition coefficient (Wildman–Crippen LogP) is 2.82. The Bertz CT molecular complexity index is 706. The first-order valence-corrected chi connectivity index (χ1v) is 8.67. The Morgan fingerprint density at radius 1 is 1.26 bits per heavy atom. The highest BCUT2D eigenvalue weighted by Gasteiger charge is 2.25. The molecule has 1 aromatic carbocycles. The van der Waals surface area contributed by atoms with Crippen LogP contribution in [0.4, 0.5) is 0 Å². The summed E-state index contributed by atoms with van der Waals surface area (Å²) in [6.45, 7) is 0.850. The molecule has 1 amide bonds. The number of rotatable bonds is 3. The molecular formula is C19H23N3O. The zero-order valence-electron chi connectivity index (χ0n) is 13.4. The Morgan fingerprint density at radius 2 is 2.17 bits per heavy atom. The normalized spacial score (nSPS) is 23.0. The smallest absolute Gasteiger partial charge is 0.220 e. The number of benzene rings is 1. The minimum absolute atomic E-state index is 0.195. The maximum absolute atomic E-state index is 12.5. The molecule has 2 aromatic rings. The lowest BCUT2D eigenvalue weighted by Gasteiger charge is -2.28. The molecule has 1 aliphatic carbocycles. The van der Waals surface area contributed by atoms with Gasteiger partial charge in [-0.3, -0.25) is 4.79 Å². The van der Waals surface area contributed by atoms with E-state index in [4.69, 9.17) is 0 Å². The number of amides is 1. The third-order valence-electron chi connectivity index (χ3n) is 5.23. The number of carbonyl (C=O) groups excluding carboxylic acids is 1. The van der Waals surface area contributed by atoms with Gasteiger partial charge in [0.2, 0.25) is 5.91 Å². The first-order valence-electron chi connectivity index (χ1n) is 8.67. The molecule has 0 spiro atoms. The monoisotopic (exact) mass is 309 g/mol. The summed E-state index contributed by atoms with van der Waals surface area (Å²) in [6.07, 6.45) is 9.87. The van der Waals surface area contributed by atoms with E-state index in [0.29, 0.717) is 12.3 Å². The van der Waals surface area contributed by atoms with Crippen LogP contribution < -0.4 is 5.32 Å². The molecule has 120 valence electrons. The van der Waals surface area contributed by atoms with Crippen molar-refractivity contribution in [3.05, 3.63) is 53.6 Å². The van der Waals surface area contributed by atoms with Gasteiger partial charge in [0, 0.05) is 37.8 Å². The molecule has 1 aliphatic heterocycles. The highest BCUT2D eigenvalue weighted by Crippen LogP contribution is 2.33. The average molecular weight is 309 g/mol. The molecule has 1 aromatic heterocycles. The van der Waals surface area contributed by atoms with Crippen molar-refractivity contribution in [1.82, 2.24) is 14.9 Å². The van der Waals surface area contributed by atoms with E-state index in [-0.39, 0.29) is 11.9 Å². The highest BCUT2D eigenvalue weighted by atomic mass is 16.1. The van der Waals surface area contributed by atoms with Crippen molar-refractivity contribution >= 4 is 5.91 Å². The number of nitrogens with zero attached hydrogens (tertiary/aromatic N) is 2. The first-order chi connectivity index (χ1) is 11.3. The summed E-state index contributed by atoms with van der Waals surface area (Å²) in [7, 11) is 0. The van der Waals surface area contributed by atoms with Gasteiger partial charge < -0.3 is 9.88 Å². The first kappa shape index (κ1) is 14.5. The van der Waals surface area contributed by atoms with Gasteiger partial charge in [0.15, 0.2) is 0 Å². The summed E-state index contributed by atoms with van der Waals surface area (Å²) < 4.78 is 2.16.